The molecule has 3 rings (SSSR count). The zero-order valence-corrected chi connectivity index (χ0v) is 14.3. The van der Waals surface area contributed by atoms with E-state index in [2.05, 4.69) is 32.4 Å². The summed E-state index contributed by atoms with van der Waals surface area (Å²) in [5.74, 6) is 1.05. The largest absolute Gasteiger partial charge is 0.368 e. The van der Waals surface area contributed by atoms with Crippen LogP contribution < -0.4 is 16.8 Å². The molecule has 1 aromatic heterocycles. The number of benzene rings is 1. The first-order chi connectivity index (χ1) is 11.5. The highest BCUT2D eigenvalue weighted by Gasteiger charge is 2.16. The lowest BCUT2D eigenvalue weighted by Crippen LogP contribution is -2.23. The molecule has 1 amide bonds. The fourth-order valence-corrected chi connectivity index (χ4v) is 3.43. The van der Waals surface area contributed by atoms with Gasteiger partial charge in [0.2, 0.25) is 17.8 Å². The van der Waals surface area contributed by atoms with Gasteiger partial charge >= 0.3 is 0 Å². The zero-order chi connectivity index (χ0) is 17.1. The van der Waals surface area contributed by atoms with Crippen molar-refractivity contribution in [3.63, 3.8) is 0 Å². The van der Waals surface area contributed by atoms with Crippen molar-refractivity contribution in [3.8, 4) is 0 Å². The lowest BCUT2D eigenvalue weighted by molar-refractivity contribution is -0.115. The van der Waals surface area contributed by atoms with E-state index in [0.717, 1.165) is 18.5 Å². The number of carbonyl (C=O) groups excluding carboxylic acids is 1. The van der Waals surface area contributed by atoms with Crippen molar-refractivity contribution in [1.82, 2.24) is 15.0 Å². The summed E-state index contributed by atoms with van der Waals surface area (Å²) in [4.78, 5) is 24.1. The van der Waals surface area contributed by atoms with Crippen LogP contribution in [0.4, 0.5) is 17.6 Å². The van der Waals surface area contributed by atoms with Crippen LogP contribution in [0.3, 0.4) is 0 Å². The molecule has 0 radical (unpaired) electrons. The van der Waals surface area contributed by atoms with E-state index in [4.69, 9.17) is 11.5 Å². The van der Waals surface area contributed by atoms with Gasteiger partial charge in [-0.2, -0.15) is 15.0 Å². The Hall–Kier alpha value is -2.35. The van der Waals surface area contributed by atoms with Crippen molar-refractivity contribution in [2.45, 2.75) is 37.2 Å². The Morgan fingerprint density at radius 1 is 1.21 bits per heavy atom. The van der Waals surface area contributed by atoms with Gasteiger partial charge in [-0.15, -0.1) is 11.8 Å². The first-order valence-electron chi connectivity index (χ1n) is 7.81. The summed E-state index contributed by atoms with van der Waals surface area (Å²) in [5, 5.41) is 2.72. The van der Waals surface area contributed by atoms with E-state index in [-0.39, 0.29) is 23.1 Å². The maximum absolute atomic E-state index is 12.3. The van der Waals surface area contributed by atoms with Gasteiger partial charge in [0.05, 0.1) is 11.0 Å². The number of nitrogens with one attached hydrogen (secondary N) is 1. The number of nitrogens with two attached hydrogens (primary N) is 2. The van der Waals surface area contributed by atoms with Crippen LogP contribution in [-0.2, 0) is 23.4 Å². The van der Waals surface area contributed by atoms with Gasteiger partial charge in [-0.25, -0.2) is 0 Å². The minimum Gasteiger partial charge on any atom is -0.368 e. The van der Waals surface area contributed by atoms with Gasteiger partial charge in [-0.3, -0.25) is 4.79 Å². The number of anilines is 3. The van der Waals surface area contributed by atoms with Gasteiger partial charge < -0.3 is 16.8 Å². The van der Waals surface area contributed by atoms with Gasteiger partial charge in [-0.05, 0) is 49.4 Å². The summed E-state index contributed by atoms with van der Waals surface area (Å²) in [6, 6.07) is 6.14. The number of fused-ring (bicyclic) bond motifs is 1. The van der Waals surface area contributed by atoms with E-state index in [1.54, 1.807) is 0 Å². The molecule has 0 aliphatic heterocycles. The average Bonchev–Trinajstić information content (AvgIpc) is 2.99. The molecule has 1 aliphatic rings. The summed E-state index contributed by atoms with van der Waals surface area (Å²) < 4.78 is 0. The van der Waals surface area contributed by atoms with Crippen LogP contribution in [0.2, 0.25) is 0 Å². The highest BCUT2D eigenvalue weighted by molar-refractivity contribution is 7.99. The summed E-state index contributed by atoms with van der Waals surface area (Å²) in [5.41, 5.74) is 14.7. The Balaban J connectivity index is 1.56. The Morgan fingerprint density at radius 3 is 2.67 bits per heavy atom. The van der Waals surface area contributed by atoms with Gasteiger partial charge in [0.25, 0.3) is 0 Å². The third-order valence-corrected chi connectivity index (χ3v) is 5.05. The molecule has 1 heterocycles. The molecule has 5 N–H and O–H groups in total. The SMILES string of the molecule is CC(SCc1nc(N)nc(N)n1)C(=O)Nc1ccc2c(c1)CCC2. The predicted octanol–water partition coefficient (Wildman–Crippen LogP) is 1.79. The van der Waals surface area contributed by atoms with Crippen molar-refractivity contribution in [2.24, 2.45) is 0 Å². The second kappa shape index (κ2) is 7.04. The van der Waals surface area contributed by atoms with Crippen LogP contribution in [0.25, 0.3) is 0 Å². The third kappa shape index (κ3) is 3.94. The highest BCUT2D eigenvalue weighted by Crippen LogP contribution is 2.25. The second-order valence-corrected chi connectivity index (χ2v) is 7.08. The Kier molecular flexibility index (Phi) is 4.84. The maximum Gasteiger partial charge on any atom is 0.237 e. The maximum atomic E-state index is 12.3. The lowest BCUT2D eigenvalue weighted by atomic mass is 10.1. The van der Waals surface area contributed by atoms with Crippen LogP contribution >= 0.6 is 11.8 Å². The van der Waals surface area contributed by atoms with Crippen molar-refractivity contribution in [1.29, 1.82) is 0 Å². The fourth-order valence-electron chi connectivity index (χ4n) is 2.69. The molecular weight excluding hydrogens is 324 g/mol. The molecule has 0 saturated heterocycles. The second-order valence-electron chi connectivity index (χ2n) is 5.75. The van der Waals surface area contributed by atoms with Crippen LogP contribution in [-0.4, -0.2) is 26.1 Å². The molecule has 7 nitrogen and oxygen atoms in total. The molecule has 8 heteroatoms. The number of amides is 1. The molecule has 2 aromatic rings. The minimum atomic E-state index is -0.252. The summed E-state index contributed by atoms with van der Waals surface area (Å²) in [6.45, 7) is 1.85. The molecule has 126 valence electrons. The molecular formula is C16H20N6OS. The standard InChI is InChI=1S/C16H20N6OS/c1-9(24-8-13-20-15(17)22-16(18)21-13)14(23)19-12-6-5-10-3-2-4-11(10)7-12/h5-7,9H,2-4,8H2,1H3,(H,19,23)(H4,17,18,20,21,22). The predicted molar refractivity (Wildman–Crippen MR) is 96.5 cm³/mol. The number of thioether (sulfide) groups is 1. The van der Waals surface area contributed by atoms with E-state index < -0.39 is 0 Å². The smallest absolute Gasteiger partial charge is 0.237 e. The van der Waals surface area contributed by atoms with E-state index in [1.807, 2.05) is 13.0 Å². The lowest BCUT2D eigenvalue weighted by Gasteiger charge is -2.12. The van der Waals surface area contributed by atoms with Crippen molar-refractivity contribution in [2.75, 3.05) is 16.8 Å². The molecule has 1 aliphatic carbocycles. The number of hydrogen-bond acceptors (Lipinski definition) is 7. The fraction of sp³-hybridized carbons (Fsp3) is 0.375. The van der Waals surface area contributed by atoms with E-state index >= 15 is 0 Å². The average molecular weight is 344 g/mol. The first kappa shape index (κ1) is 16.5. The molecule has 0 bridgehead atoms. The number of carbonyl (C=O) groups is 1. The Morgan fingerprint density at radius 2 is 1.92 bits per heavy atom. The quantitative estimate of drug-likeness (QED) is 0.756. The summed E-state index contributed by atoms with van der Waals surface area (Å²) in [6.07, 6.45) is 3.41. The Bertz CT molecular complexity index is 746. The van der Waals surface area contributed by atoms with Crippen molar-refractivity contribution in [3.05, 3.63) is 35.2 Å². The number of rotatable bonds is 5. The molecule has 0 saturated carbocycles. The normalized spacial score (nSPS) is 14.2. The van der Waals surface area contributed by atoms with Crippen LogP contribution in [0.15, 0.2) is 18.2 Å². The monoisotopic (exact) mass is 344 g/mol. The third-order valence-electron chi connectivity index (χ3n) is 3.91. The molecule has 1 unspecified atom stereocenters. The van der Waals surface area contributed by atoms with E-state index in [1.165, 1.54) is 29.3 Å². The van der Waals surface area contributed by atoms with E-state index in [9.17, 15) is 4.79 Å². The van der Waals surface area contributed by atoms with Crippen molar-refractivity contribution >= 4 is 35.3 Å². The number of aryl methyl sites for hydroxylation is 2. The Labute approximate surface area is 144 Å². The molecule has 24 heavy (non-hydrogen) atoms. The van der Waals surface area contributed by atoms with Crippen LogP contribution in [0, 0.1) is 0 Å². The number of nitrogen functional groups attached to an aromatic ring is 2. The molecule has 0 spiro atoms. The molecule has 0 fully saturated rings. The molecule has 1 atom stereocenters. The van der Waals surface area contributed by atoms with Crippen LogP contribution in [0.1, 0.15) is 30.3 Å². The van der Waals surface area contributed by atoms with Gasteiger partial charge in [-0.1, -0.05) is 6.07 Å². The first-order valence-corrected chi connectivity index (χ1v) is 8.86. The number of hydrogen-bond donors (Lipinski definition) is 3. The summed E-state index contributed by atoms with van der Waals surface area (Å²) >= 11 is 1.42. The zero-order valence-electron chi connectivity index (χ0n) is 13.5. The molecule has 1 aromatic carbocycles. The minimum absolute atomic E-state index is 0.0482. The highest BCUT2D eigenvalue weighted by atomic mass is 32.2. The topological polar surface area (TPSA) is 120 Å². The van der Waals surface area contributed by atoms with Gasteiger partial charge in [0, 0.05) is 5.69 Å². The number of aromatic nitrogens is 3. The van der Waals surface area contributed by atoms with Gasteiger partial charge in [0.1, 0.15) is 5.82 Å². The number of nitrogens with zero attached hydrogens (tertiary/aromatic N) is 3. The van der Waals surface area contributed by atoms with Gasteiger partial charge in [0.15, 0.2) is 0 Å². The van der Waals surface area contributed by atoms with Crippen LogP contribution in [0.5, 0.6) is 0 Å². The van der Waals surface area contributed by atoms with Crippen molar-refractivity contribution < 1.29 is 4.79 Å². The van der Waals surface area contributed by atoms with E-state index in [0.29, 0.717) is 11.6 Å². The summed E-state index contributed by atoms with van der Waals surface area (Å²) in [7, 11) is 0.